The van der Waals surface area contributed by atoms with Gasteiger partial charge in [0.1, 0.15) is 6.17 Å². The summed E-state index contributed by atoms with van der Waals surface area (Å²) in [4.78, 5) is 0. The molecule has 0 N–H and O–H groups in total. The van der Waals surface area contributed by atoms with Gasteiger partial charge in [-0.3, -0.25) is 0 Å². The fourth-order valence-electron chi connectivity index (χ4n) is 4.13. The van der Waals surface area contributed by atoms with Gasteiger partial charge in [-0.15, -0.1) is 0 Å². The zero-order valence-corrected chi connectivity index (χ0v) is 7.67. The van der Waals surface area contributed by atoms with E-state index < -0.39 is 6.17 Å². The standard InChI is InChI=1S/C11H17F/c1-6-8-2-7-3-9(5-8)11(12)10(6)4-7/h6-11H,2-5H2,1H3/t6-,7?,8?,9?,10?,11-/m1/s1. The summed E-state index contributed by atoms with van der Waals surface area (Å²) in [7, 11) is 0. The molecule has 4 rings (SSSR count). The van der Waals surface area contributed by atoms with E-state index in [1.807, 2.05) is 0 Å². The van der Waals surface area contributed by atoms with E-state index in [1.165, 1.54) is 25.7 Å². The van der Waals surface area contributed by atoms with E-state index in [0.29, 0.717) is 17.8 Å². The van der Waals surface area contributed by atoms with Crippen LogP contribution >= 0.6 is 0 Å². The van der Waals surface area contributed by atoms with E-state index in [2.05, 4.69) is 6.92 Å². The summed E-state index contributed by atoms with van der Waals surface area (Å²) in [5.74, 6) is 3.39. The largest absolute Gasteiger partial charge is 0.247 e. The van der Waals surface area contributed by atoms with Crippen LogP contribution in [0.25, 0.3) is 0 Å². The van der Waals surface area contributed by atoms with Crippen LogP contribution in [0.3, 0.4) is 0 Å². The van der Waals surface area contributed by atoms with Crippen LogP contribution in [-0.4, -0.2) is 6.17 Å². The highest BCUT2D eigenvalue weighted by atomic mass is 19.1. The van der Waals surface area contributed by atoms with Gasteiger partial charge >= 0.3 is 0 Å². The summed E-state index contributed by atoms with van der Waals surface area (Å²) in [6, 6.07) is 0. The summed E-state index contributed by atoms with van der Waals surface area (Å²) < 4.78 is 13.7. The van der Waals surface area contributed by atoms with Crippen LogP contribution in [0.5, 0.6) is 0 Å². The van der Waals surface area contributed by atoms with Gasteiger partial charge in [0.25, 0.3) is 0 Å². The molecule has 4 fully saturated rings. The number of hydrogen-bond acceptors (Lipinski definition) is 0. The molecule has 1 heteroatoms. The fraction of sp³-hybridized carbons (Fsp3) is 1.00. The number of halogens is 1. The van der Waals surface area contributed by atoms with Crippen LogP contribution in [0.1, 0.15) is 32.6 Å². The van der Waals surface area contributed by atoms with Crippen molar-refractivity contribution in [3.05, 3.63) is 0 Å². The molecule has 68 valence electrons. The van der Waals surface area contributed by atoms with Gasteiger partial charge in [0.05, 0.1) is 0 Å². The van der Waals surface area contributed by atoms with Crippen LogP contribution in [0.4, 0.5) is 4.39 Å². The van der Waals surface area contributed by atoms with Gasteiger partial charge < -0.3 is 0 Å². The first-order valence-corrected chi connectivity index (χ1v) is 5.39. The van der Waals surface area contributed by atoms with Crippen LogP contribution in [0.15, 0.2) is 0 Å². The lowest BCUT2D eigenvalue weighted by Crippen LogP contribution is -2.50. The monoisotopic (exact) mass is 168 g/mol. The number of hydrogen-bond donors (Lipinski definition) is 0. The maximum absolute atomic E-state index is 13.7. The van der Waals surface area contributed by atoms with Crippen molar-refractivity contribution in [3.8, 4) is 0 Å². The quantitative estimate of drug-likeness (QED) is 0.521. The van der Waals surface area contributed by atoms with Crippen molar-refractivity contribution < 1.29 is 4.39 Å². The summed E-state index contributed by atoms with van der Waals surface area (Å²) >= 11 is 0. The van der Waals surface area contributed by atoms with E-state index in [9.17, 15) is 4.39 Å². The Morgan fingerprint density at radius 1 is 1.00 bits per heavy atom. The average molecular weight is 168 g/mol. The van der Waals surface area contributed by atoms with Crippen LogP contribution in [0, 0.1) is 29.6 Å². The molecule has 0 aromatic heterocycles. The molecule has 0 aromatic rings. The van der Waals surface area contributed by atoms with E-state index in [0.717, 1.165) is 11.8 Å². The van der Waals surface area contributed by atoms with E-state index >= 15 is 0 Å². The Morgan fingerprint density at radius 3 is 2.58 bits per heavy atom. The summed E-state index contributed by atoms with van der Waals surface area (Å²) in [5, 5.41) is 0. The Bertz CT molecular complexity index is 183. The molecule has 0 spiro atoms. The molecule has 0 nitrogen and oxygen atoms in total. The SMILES string of the molecule is C[C@@H]1C2CC3CC(C2)[C@@H](F)C1C3. The molecule has 4 saturated carbocycles. The van der Waals surface area contributed by atoms with Gasteiger partial charge in [-0.25, -0.2) is 4.39 Å². The van der Waals surface area contributed by atoms with Crippen LogP contribution in [-0.2, 0) is 0 Å². The van der Waals surface area contributed by atoms with Crippen molar-refractivity contribution in [1.29, 1.82) is 0 Å². The Hall–Kier alpha value is -0.0700. The Balaban J connectivity index is 1.93. The van der Waals surface area contributed by atoms with Crippen molar-refractivity contribution in [2.75, 3.05) is 0 Å². The zero-order chi connectivity index (χ0) is 8.29. The predicted octanol–water partition coefficient (Wildman–Crippen LogP) is 3.03. The highest BCUT2D eigenvalue weighted by molar-refractivity contribution is 5.01. The average Bonchev–Trinajstić information content (AvgIpc) is 2.07. The second-order valence-electron chi connectivity index (χ2n) is 5.30. The summed E-state index contributed by atoms with van der Waals surface area (Å²) in [5.41, 5.74) is 0. The fourth-order valence-corrected chi connectivity index (χ4v) is 4.13. The molecule has 0 amide bonds. The lowest BCUT2D eigenvalue weighted by molar-refractivity contribution is -0.0900. The normalized spacial score (nSPS) is 62.5. The molecule has 0 heterocycles. The number of alkyl halides is 1. The second-order valence-corrected chi connectivity index (χ2v) is 5.30. The third-order valence-corrected chi connectivity index (χ3v) is 4.76. The summed E-state index contributed by atoms with van der Waals surface area (Å²) in [6.45, 7) is 2.28. The molecule has 0 aromatic carbocycles. The molecule has 4 aliphatic carbocycles. The van der Waals surface area contributed by atoms with Crippen LogP contribution in [0.2, 0.25) is 0 Å². The Morgan fingerprint density at radius 2 is 1.75 bits per heavy atom. The first-order chi connectivity index (χ1) is 5.75. The predicted molar refractivity (Wildman–Crippen MR) is 46.5 cm³/mol. The van der Waals surface area contributed by atoms with Crippen molar-refractivity contribution >= 4 is 0 Å². The third kappa shape index (κ3) is 0.777. The highest BCUT2D eigenvalue weighted by Crippen LogP contribution is 2.57. The third-order valence-electron chi connectivity index (χ3n) is 4.76. The smallest absolute Gasteiger partial charge is 0.106 e. The van der Waals surface area contributed by atoms with Crippen molar-refractivity contribution in [3.63, 3.8) is 0 Å². The van der Waals surface area contributed by atoms with Gasteiger partial charge in [0, 0.05) is 0 Å². The molecule has 12 heavy (non-hydrogen) atoms. The van der Waals surface area contributed by atoms with Crippen molar-refractivity contribution in [1.82, 2.24) is 0 Å². The molecule has 0 radical (unpaired) electrons. The molecular weight excluding hydrogens is 151 g/mol. The first-order valence-electron chi connectivity index (χ1n) is 5.39. The minimum absolute atomic E-state index is 0.437. The molecule has 4 bridgehead atoms. The molecule has 4 aliphatic rings. The maximum Gasteiger partial charge on any atom is 0.106 e. The molecular formula is C11H17F. The Kier molecular flexibility index (Phi) is 1.37. The number of rotatable bonds is 0. The van der Waals surface area contributed by atoms with Crippen molar-refractivity contribution in [2.45, 2.75) is 38.8 Å². The lowest BCUT2D eigenvalue weighted by Gasteiger charge is -2.55. The minimum atomic E-state index is -0.437. The van der Waals surface area contributed by atoms with E-state index in [4.69, 9.17) is 0 Å². The summed E-state index contributed by atoms with van der Waals surface area (Å²) in [6.07, 6.45) is 4.60. The van der Waals surface area contributed by atoms with E-state index in [1.54, 1.807) is 0 Å². The molecule has 6 atom stereocenters. The minimum Gasteiger partial charge on any atom is -0.247 e. The van der Waals surface area contributed by atoms with Crippen LogP contribution < -0.4 is 0 Å². The Labute approximate surface area is 73.5 Å². The highest BCUT2D eigenvalue weighted by Gasteiger charge is 2.52. The van der Waals surface area contributed by atoms with E-state index in [-0.39, 0.29) is 0 Å². The van der Waals surface area contributed by atoms with Gasteiger partial charge in [0.2, 0.25) is 0 Å². The molecule has 4 unspecified atom stereocenters. The first kappa shape index (κ1) is 7.34. The molecule has 0 saturated heterocycles. The topological polar surface area (TPSA) is 0 Å². The van der Waals surface area contributed by atoms with Crippen molar-refractivity contribution in [2.24, 2.45) is 29.6 Å². The molecule has 0 aliphatic heterocycles. The second kappa shape index (κ2) is 2.24. The van der Waals surface area contributed by atoms with Gasteiger partial charge in [-0.05, 0) is 55.3 Å². The zero-order valence-electron chi connectivity index (χ0n) is 7.67. The lowest BCUT2D eigenvalue weighted by atomic mass is 9.51. The maximum atomic E-state index is 13.7. The van der Waals surface area contributed by atoms with Gasteiger partial charge in [-0.2, -0.15) is 0 Å². The van der Waals surface area contributed by atoms with Gasteiger partial charge in [0.15, 0.2) is 0 Å². The van der Waals surface area contributed by atoms with Gasteiger partial charge in [-0.1, -0.05) is 6.92 Å².